The van der Waals surface area contributed by atoms with E-state index in [0.29, 0.717) is 11.4 Å². The van der Waals surface area contributed by atoms with Crippen molar-refractivity contribution in [3.63, 3.8) is 0 Å². The lowest BCUT2D eigenvalue weighted by Gasteiger charge is -2.24. The third-order valence-corrected chi connectivity index (χ3v) is 4.39. The Labute approximate surface area is 149 Å². The number of carbonyl (C=O) groups is 1. The van der Waals surface area contributed by atoms with Crippen LogP contribution in [-0.2, 0) is 6.18 Å². The maximum absolute atomic E-state index is 13.1. The second-order valence-electron chi connectivity index (χ2n) is 5.70. The summed E-state index contributed by atoms with van der Waals surface area (Å²) in [7, 11) is 0. The molecule has 8 heteroatoms. The van der Waals surface area contributed by atoms with Crippen molar-refractivity contribution in [2.24, 2.45) is 0 Å². The molecule has 132 valence electrons. The monoisotopic (exact) mass is 379 g/mol. The summed E-state index contributed by atoms with van der Waals surface area (Å²) in [6, 6.07) is 10.1. The molecule has 0 fully saturated rings. The van der Waals surface area contributed by atoms with Gasteiger partial charge in [-0.05, 0) is 35.7 Å². The number of benzene rings is 3. The first-order valence-corrected chi connectivity index (χ1v) is 7.78. The summed E-state index contributed by atoms with van der Waals surface area (Å²) in [4.78, 5) is 11.8. The highest BCUT2D eigenvalue weighted by molar-refractivity contribution is 6.32. The molecular formula is C18H9ClF3NO3. The third-order valence-electron chi connectivity index (χ3n) is 4.08. The van der Waals surface area contributed by atoms with Gasteiger partial charge in [-0.15, -0.1) is 0 Å². The minimum absolute atomic E-state index is 0.0686. The number of carboxylic acid groups (broad SMARTS) is 1. The quantitative estimate of drug-likeness (QED) is 0.422. The lowest BCUT2D eigenvalue weighted by Crippen LogP contribution is -2.11. The van der Waals surface area contributed by atoms with E-state index in [9.17, 15) is 23.1 Å². The van der Waals surface area contributed by atoms with Gasteiger partial charge in [0.2, 0.25) is 0 Å². The Morgan fingerprint density at radius 2 is 1.85 bits per heavy atom. The lowest BCUT2D eigenvalue weighted by molar-refractivity contribution is -0.137. The molecule has 0 amide bonds. The zero-order valence-electron chi connectivity index (χ0n) is 12.8. The predicted molar refractivity (Wildman–Crippen MR) is 90.7 cm³/mol. The van der Waals surface area contributed by atoms with Crippen molar-refractivity contribution in [3.8, 4) is 11.5 Å². The van der Waals surface area contributed by atoms with E-state index in [1.165, 1.54) is 6.07 Å². The van der Waals surface area contributed by atoms with E-state index >= 15 is 0 Å². The van der Waals surface area contributed by atoms with Gasteiger partial charge in [0.1, 0.15) is 0 Å². The number of nitrogens with one attached hydrogen (secondary N) is 1. The van der Waals surface area contributed by atoms with E-state index in [0.717, 1.165) is 12.1 Å². The van der Waals surface area contributed by atoms with Gasteiger partial charge >= 0.3 is 12.1 Å². The van der Waals surface area contributed by atoms with Crippen molar-refractivity contribution >= 4 is 39.7 Å². The van der Waals surface area contributed by atoms with Gasteiger partial charge < -0.3 is 15.2 Å². The van der Waals surface area contributed by atoms with Crippen LogP contribution in [0.1, 0.15) is 15.9 Å². The third kappa shape index (κ3) is 2.52. The summed E-state index contributed by atoms with van der Waals surface area (Å²) < 4.78 is 45.1. The van der Waals surface area contributed by atoms with Crippen LogP contribution in [0, 0.1) is 0 Å². The van der Waals surface area contributed by atoms with Crippen molar-refractivity contribution in [1.29, 1.82) is 0 Å². The molecule has 0 saturated carbocycles. The molecule has 26 heavy (non-hydrogen) atoms. The highest BCUT2D eigenvalue weighted by Gasteiger charge is 2.34. The molecule has 0 aliphatic carbocycles. The molecule has 3 aromatic carbocycles. The zero-order chi connectivity index (χ0) is 18.6. The molecular weight excluding hydrogens is 371 g/mol. The zero-order valence-corrected chi connectivity index (χ0v) is 13.6. The normalized spacial score (nSPS) is 12.8. The highest BCUT2D eigenvalue weighted by Crippen LogP contribution is 2.47. The first-order valence-electron chi connectivity index (χ1n) is 7.40. The van der Waals surface area contributed by atoms with Gasteiger partial charge in [-0.3, -0.25) is 0 Å². The summed E-state index contributed by atoms with van der Waals surface area (Å²) in [6.45, 7) is 0. The second-order valence-corrected chi connectivity index (χ2v) is 6.11. The van der Waals surface area contributed by atoms with Gasteiger partial charge in [0.15, 0.2) is 11.5 Å². The van der Waals surface area contributed by atoms with Gasteiger partial charge in [-0.25, -0.2) is 4.79 Å². The number of fused-ring (bicyclic) bond motifs is 3. The van der Waals surface area contributed by atoms with Crippen LogP contribution in [-0.4, -0.2) is 11.1 Å². The number of hydrogen-bond acceptors (Lipinski definition) is 3. The largest absolute Gasteiger partial charge is 0.478 e. The summed E-state index contributed by atoms with van der Waals surface area (Å²) in [5, 5.41) is 12.2. The molecule has 1 aliphatic heterocycles. The van der Waals surface area contributed by atoms with E-state index < -0.39 is 22.7 Å². The fourth-order valence-corrected chi connectivity index (χ4v) is 3.22. The molecule has 0 unspecified atom stereocenters. The van der Waals surface area contributed by atoms with E-state index in [2.05, 4.69) is 5.32 Å². The number of ether oxygens (including phenoxy) is 1. The number of anilines is 2. The molecule has 4 nitrogen and oxygen atoms in total. The topological polar surface area (TPSA) is 58.6 Å². The van der Waals surface area contributed by atoms with E-state index in [1.807, 2.05) is 0 Å². The van der Waals surface area contributed by atoms with Crippen LogP contribution in [0.3, 0.4) is 0 Å². The molecule has 0 spiro atoms. The number of aromatic carboxylic acids is 1. The van der Waals surface area contributed by atoms with E-state index in [-0.39, 0.29) is 27.8 Å². The molecule has 2 N–H and O–H groups in total. The number of rotatable bonds is 1. The van der Waals surface area contributed by atoms with Crippen LogP contribution in [0.5, 0.6) is 11.5 Å². The highest BCUT2D eigenvalue weighted by atomic mass is 35.5. The average molecular weight is 380 g/mol. The molecule has 0 atom stereocenters. The molecule has 4 rings (SSSR count). The molecule has 0 bridgehead atoms. The average Bonchev–Trinajstić information content (AvgIpc) is 2.56. The fourth-order valence-electron chi connectivity index (χ4n) is 2.95. The van der Waals surface area contributed by atoms with Crippen LogP contribution in [0.15, 0.2) is 42.5 Å². The van der Waals surface area contributed by atoms with Crippen molar-refractivity contribution < 1.29 is 27.8 Å². The molecule has 3 aromatic rings. The maximum atomic E-state index is 13.1. The Balaban J connectivity index is 2.03. The van der Waals surface area contributed by atoms with Crippen LogP contribution in [0.2, 0.25) is 5.02 Å². The summed E-state index contributed by atoms with van der Waals surface area (Å²) in [5.74, 6) is -0.733. The number of halogens is 4. The van der Waals surface area contributed by atoms with Crippen molar-refractivity contribution in [3.05, 3.63) is 58.6 Å². The fraction of sp³-hybridized carbons (Fsp3) is 0.0556. The van der Waals surface area contributed by atoms with E-state index in [4.69, 9.17) is 16.3 Å². The smallest absolute Gasteiger partial charge is 0.417 e. The van der Waals surface area contributed by atoms with Gasteiger partial charge in [0.05, 0.1) is 27.5 Å². The molecule has 1 heterocycles. The molecule has 1 aliphatic rings. The lowest BCUT2D eigenvalue weighted by atomic mass is 9.98. The van der Waals surface area contributed by atoms with E-state index in [1.54, 1.807) is 24.3 Å². The van der Waals surface area contributed by atoms with Crippen molar-refractivity contribution in [2.75, 3.05) is 5.32 Å². The van der Waals surface area contributed by atoms with Crippen LogP contribution in [0.4, 0.5) is 24.5 Å². The Kier molecular flexibility index (Phi) is 3.52. The van der Waals surface area contributed by atoms with Crippen molar-refractivity contribution in [1.82, 2.24) is 0 Å². The minimum Gasteiger partial charge on any atom is -0.478 e. The molecule has 0 radical (unpaired) electrons. The van der Waals surface area contributed by atoms with Gasteiger partial charge in [0.25, 0.3) is 0 Å². The minimum atomic E-state index is -4.66. The predicted octanol–water partition coefficient (Wildman–Crippen LogP) is 6.06. The standard InChI is InChI=1S/C18H9ClF3NO3/c19-11-7-9-8(5-10(11)18(20,21)22)6-14-16(15(9)17(24)25)23-12-3-1-2-4-13(12)26-14/h1-7,23H,(H,24,25). The number of carboxylic acids is 1. The number of para-hydroxylation sites is 2. The number of hydrogen-bond donors (Lipinski definition) is 2. The second kappa shape index (κ2) is 5.54. The van der Waals surface area contributed by atoms with Crippen LogP contribution < -0.4 is 10.1 Å². The van der Waals surface area contributed by atoms with Gasteiger partial charge in [-0.1, -0.05) is 23.7 Å². The number of alkyl halides is 3. The SMILES string of the molecule is O=C(O)c1c2c(cc3cc(C(F)(F)F)c(Cl)cc13)Oc1ccccc1N2. The maximum Gasteiger partial charge on any atom is 0.417 e. The summed E-state index contributed by atoms with van der Waals surface area (Å²) >= 11 is 5.76. The Morgan fingerprint density at radius 1 is 1.12 bits per heavy atom. The molecule has 0 saturated heterocycles. The summed E-state index contributed by atoms with van der Waals surface area (Å²) in [5.41, 5.74) is -0.519. The van der Waals surface area contributed by atoms with Gasteiger partial charge in [0, 0.05) is 5.39 Å². The Hall–Kier alpha value is -2.93. The first kappa shape index (κ1) is 16.5. The Morgan fingerprint density at radius 3 is 2.54 bits per heavy atom. The molecule has 0 aromatic heterocycles. The Bertz CT molecular complexity index is 1080. The van der Waals surface area contributed by atoms with Crippen molar-refractivity contribution in [2.45, 2.75) is 6.18 Å². The first-order chi connectivity index (χ1) is 12.3. The summed E-state index contributed by atoms with van der Waals surface area (Å²) in [6.07, 6.45) is -4.66. The van der Waals surface area contributed by atoms with Crippen LogP contribution >= 0.6 is 11.6 Å². The van der Waals surface area contributed by atoms with Crippen LogP contribution in [0.25, 0.3) is 10.8 Å². The van der Waals surface area contributed by atoms with Gasteiger partial charge in [-0.2, -0.15) is 13.2 Å².